The van der Waals surface area contributed by atoms with E-state index in [1.807, 2.05) is 6.55 Å². The van der Waals surface area contributed by atoms with Crippen LogP contribution in [0.25, 0.3) is 54.6 Å². The lowest BCUT2D eigenvalue weighted by Gasteiger charge is -2.24. The van der Waals surface area contributed by atoms with Crippen LogP contribution in [0.4, 0.5) is 0 Å². The smallest absolute Gasteiger partial charge is 0.140 e. The zero-order valence-electron chi connectivity index (χ0n) is 18.7. The molecule has 6 aromatic rings. The molecule has 0 radical (unpaired) electrons. The third-order valence-electron chi connectivity index (χ3n) is 6.63. The van der Waals surface area contributed by atoms with Crippen molar-refractivity contribution in [3.05, 3.63) is 115 Å². The van der Waals surface area contributed by atoms with Gasteiger partial charge in [0.15, 0.2) is 0 Å². The molecule has 0 N–H and O–H groups in total. The van der Waals surface area contributed by atoms with Crippen molar-refractivity contribution in [1.82, 2.24) is 0 Å². The maximum absolute atomic E-state index is 7.05. The zero-order chi connectivity index (χ0) is 23.3. The number of benzene rings is 6. The van der Waals surface area contributed by atoms with E-state index < -0.39 is 6.69 Å². The molecule has 0 unspecified atom stereocenters. The molecule has 0 atom stereocenters. The monoisotopic (exact) mass is 492 g/mol. The predicted molar refractivity (Wildman–Crippen MR) is 153 cm³/mol. The highest BCUT2D eigenvalue weighted by Gasteiger charge is 2.31. The first-order valence-electron chi connectivity index (χ1n) is 11.4. The highest BCUT2D eigenvalue weighted by molar-refractivity contribution is 7.50. The molecule has 3 heteroatoms. The lowest BCUT2D eigenvalue weighted by atomic mass is 9.85. The summed E-state index contributed by atoms with van der Waals surface area (Å²) in [4.78, 5) is 0. The van der Waals surface area contributed by atoms with E-state index in [1.54, 1.807) is 0 Å². The number of fused-ring (bicyclic) bond motifs is 6. The van der Waals surface area contributed by atoms with E-state index in [0.717, 1.165) is 16.3 Å². The summed E-state index contributed by atoms with van der Waals surface area (Å²) in [6.45, 7) is -0.751. The first-order chi connectivity index (χ1) is 16.5. The molecule has 0 aliphatic heterocycles. The Labute approximate surface area is 209 Å². The van der Waals surface area contributed by atoms with E-state index in [9.17, 15) is 0 Å². The molecule has 0 saturated heterocycles. The van der Waals surface area contributed by atoms with Crippen LogP contribution >= 0.6 is 22.2 Å². The second-order valence-electron chi connectivity index (χ2n) is 8.81. The lowest BCUT2D eigenvalue weighted by Crippen LogP contribution is -2.34. The standard InChI is InChI=1S/C31H22Cl2Si/c1-34(32,33)28-20-27(21-12-4-2-5-13-21)30-25-18-10-8-16-23(25)24-17-9-11-19-26(24)31(30)29(28)22-14-6-3-7-15-22/h2-20H,1H3. The van der Waals surface area contributed by atoms with E-state index in [2.05, 4.69) is 115 Å². The Balaban J connectivity index is 1.98. The summed E-state index contributed by atoms with van der Waals surface area (Å²) in [6, 6.07) is 40.8. The molecule has 6 aromatic carbocycles. The molecule has 0 saturated carbocycles. The summed E-state index contributed by atoms with van der Waals surface area (Å²) in [5, 5.41) is 8.48. The van der Waals surface area contributed by atoms with Gasteiger partial charge in [0.2, 0.25) is 0 Å². The van der Waals surface area contributed by atoms with E-state index >= 15 is 0 Å². The van der Waals surface area contributed by atoms with Gasteiger partial charge in [0.1, 0.15) is 0 Å². The van der Waals surface area contributed by atoms with Gasteiger partial charge >= 0.3 is 0 Å². The fourth-order valence-corrected chi connectivity index (χ4v) is 7.20. The van der Waals surface area contributed by atoms with Crippen LogP contribution in [-0.2, 0) is 0 Å². The van der Waals surface area contributed by atoms with Gasteiger partial charge in [-0.25, -0.2) is 0 Å². The largest absolute Gasteiger partial charge is 0.278 e. The Hall–Kier alpha value is -3.10. The van der Waals surface area contributed by atoms with Crippen molar-refractivity contribution >= 4 is 66.4 Å². The molecule has 0 aliphatic rings. The quantitative estimate of drug-likeness (QED) is 0.131. The Morgan fingerprint density at radius 1 is 0.500 bits per heavy atom. The van der Waals surface area contributed by atoms with Gasteiger partial charge in [-0.05, 0) is 66.3 Å². The first-order valence-corrected chi connectivity index (χ1v) is 16.0. The minimum atomic E-state index is -2.75. The van der Waals surface area contributed by atoms with Crippen molar-refractivity contribution in [2.75, 3.05) is 0 Å². The first kappa shape index (κ1) is 21.4. The number of hydrogen-bond donors (Lipinski definition) is 0. The summed E-state index contributed by atoms with van der Waals surface area (Å²) in [5.41, 5.74) is 4.63. The van der Waals surface area contributed by atoms with Crippen LogP contribution in [0.15, 0.2) is 115 Å². The second kappa shape index (κ2) is 8.28. The van der Waals surface area contributed by atoms with Gasteiger partial charge in [0, 0.05) is 0 Å². The normalized spacial score (nSPS) is 12.0. The molecule has 0 fully saturated rings. The molecule has 0 nitrogen and oxygen atoms in total. The van der Waals surface area contributed by atoms with Gasteiger partial charge in [0.05, 0.1) is 0 Å². The van der Waals surface area contributed by atoms with Gasteiger partial charge in [0.25, 0.3) is 6.69 Å². The Kier molecular flexibility index (Phi) is 5.22. The molecular formula is C31H22Cl2Si. The van der Waals surface area contributed by atoms with Gasteiger partial charge in [-0.1, -0.05) is 115 Å². The molecular weight excluding hydrogens is 471 g/mol. The van der Waals surface area contributed by atoms with Gasteiger partial charge in [-0.15, -0.1) is 22.2 Å². The van der Waals surface area contributed by atoms with Crippen LogP contribution in [0.3, 0.4) is 0 Å². The number of rotatable bonds is 3. The van der Waals surface area contributed by atoms with Crippen molar-refractivity contribution in [2.45, 2.75) is 6.55 Å². The minimum absolute atomic E-state index is 1.05. The van der Waals surface area contributed by atoms with Crippen molar-refractivity contribution in [1.29, 1.82) is 0 Å². The van der Waals surface area contributed by atoms with Gasteiger partial charge in [-0.2, -0.15) is 0 Å². The van der Waals surface area contributed by atoms with Crippen LogP contribution in [0, 0.1) is 0 Å². The fraction of sp³-hybridized carbons (Fsp3) is 0.0323. The zero-order valence-corrected chi connectivity index (χ0v) is 21.2. The van der Waals surface area contributed by atoms with Crippen molar-refractivity contribution in [3.63, 3.8) is 0 Å². The fourth-order valence-electron chi connectivity index (χ4n) is 5.20. The molecule has 0 amide bonds. The summed E-state index contributed by atoms with van der Waals surface area (Å²) >= 11 is 14.1. The predicted octanol–water partition coefficient (Wildman–Crippen LogP) is 9.24. The van der Waals surface area contributed by atoms with Crippen LogP contribution in [0.2, 0.25) is 6.55 Å². The maximum atomic E-state index is 7.05. The summed E-state index contributed by atoms with van der Waals surface area (Å²) in [7, 11) is 0. The minimum Gasteiger partial charge on any atom is -0.140 e. The molecule has 0 spiro atoms. The average Bonchev–Trinajstić information content (AvgIpc) is 2.88. The van der Waals surface area contributed by atoms with E-state index in [4.69, 9.17) is 22.2 Å². The third-order valence-corrected chi connectivity index (χ3v) is 9.19. The summed E-state index contributed by atoms with van der Waals surface area (Å²) in [6.07, 6.45) is 0. The maximum Gasteiger partial charge on any atom is 0.278 e. The molecule has 0 aliphatic carbocycles. The molecule has 6 rings (SSSR count). The van der Waals surface area contributed by atoms with E-state index in [0.29, 0.717) is 0 Å². The summed E-state index contributed by atoms with van der Waals surface area (Å²) < 4.78 is 0. The van der Waals surface area contributed by atoms with Gasteiger partial charge < -0.3 is 0 Å². The second-order valence-corrected chi connectivity index (χ2v) is 16.2. The molecule has 164 valence electrons. The molecule has 0 heterocycles. The topological polar surface area (TPSA) is 0 Å². The Morgan fingerprint density at radius 2 is 0.941 bits per heavy atom. The van der Waals surface area contributed by atoms with Crippen molar-refractivity contribution in [3.8, 4) is 22.3 Å². The SMILES string of the molecule is C[Si](Cl)(Cl)c1cc(-c2ccccc2)c2c3ccccc3c3ccccc3c2c1-c1ccccc1. The van der Waals surface area contributed by atoms with Crippen molar-refractivity contribution < 1.29 is 0 Å². The van der Waals surface area contributed by atoms with E-state index in [1.165, 1.54) is 43.4 Å². The highest BCUT2D eigenvalue weighted by atomic mass is 35.7. The van der Waals surface area contributed by atoms with Crippen LogP contribution in [0.5, 0.6) is 0 Å². The summed E-state index contributed by atoms with van der Waals surface area (Å²) in [5.74, 6) is 0. The Morgan fingerprint density at radius 3 is 1.47 bits per heavy atom. The van der Waals surface area contributed by atoms with Crippen LogP contribution in [0.1, 0.15) is 0 Å². The van der Waals surface area contributed by atoms with Gasteiger partial charge in [-0.3, -0.25) is 0 Å². The third kappa shape index (κ3) is 3.44. The Bertz CT molecular complexity index is 1670. The van der Waals surface area contributed by atoms with Crippen LogP contribution < -0.4 is 5.19 Å². The molecule has 0 bridgehead atoms. The lowest BCUT2D eigenvalue weighted by molar-refractivity contribution is 1.65. The molecule has 0 aromatic heterocycles. The highest BCUT2D eigenvalue weighted by Crippen LogP contribution is 2.45. The number of halogens is 2. The van der Waals surface area contributed by atoms with Crippen LogP contribution in [-0.4, -0.2) is 6.69 Å². The molecule has 34 heavy (non-hydrogen) atoms. The average molecular weight is 494 g/mol. The van der Waals surface area contributed by atoms with Crippen molar-refractivity contribution in [2.24, 2.45) is 0 Å². The van der Waals surface area contributed by atoms with E-state index in [-0.39, 0.29) is 0 Å². The number of hydrogen-bond acceptors (Lipinski definition) is 0.